The molecule has 0 saturated heterocycles. The van der Waals surface area contributed by atoms with Crippen molar-refractivity contribution < 1.29 is 10.2 Å². The minimum absolute atomic E-state index is 0.266. The van der Waals surface area contributed by atoms with Gasteiger partial charge in [-0.3, -0.25) is 0 Å². The van der Waals surface area contributed by atoms with Crippen molar-refractivity contribution >= 4 is 0 Å². The van der Waals surface area contributed by atoms with E-state index in [1.807, 2.05) is 0 Å². The molecule has 0 aliphatic rings. The molecule has 0 aromatic rings. The summed E-state index contributed by atoms with van der Waals surface area (Å²) in [4.78, 5) is 0. The Bertz CT molecular complexity index is 181. The number of aliphatic hydroxyl groups is 2. The maximum absolute atomic E-state index is 10.6. The molecule has 0 spiro atoms. The van der Waals surface area contributed by atoms with Crippen molar-refractivity contribution in [3.05, 3.63) is 0 Å². The maximum atomic E-state index is 10.6. The molecule has 0 bridgehead atoms. The summed E-state index contributed by atoms with van der Waals surface area (Å²) in [6, 6.07) is 0. The summed E-state index contributed by atoms with van der Waals surface area (Å²) in [6.07, 6.45) is 9.29. The van der Waals surface area contributed by atoms with Gasteiger partial charge in [-0.05, 0) is 25.7 Å². The van der Waals surface area contributed by atoms with Gasteiger partial charge in [0.25, 0.3) is 0 Å². The summed E-state index contributed by atoms with van der Waals surface area (Å²) < 4.78 is 0. The predicted molar refractivity (Wildman–Crippen MR) is 83.3 cm³/mol. The molecule has 116 valence electrons. The van der Waals surface area contributed by atoms with Crippen molar-refractivity contribution in [1.29, 1.82) is 0 Å². The Hall–Kier alpha value is -0.0800. The third-order valence-corrected chi connectivity index (χ3v) is 4.44. The lowest BCUT2D eigenvalue weighted by Crippen LogP contribution is -2.45. The molecule has 0 amide bonds. The minimum atomic E-state index is -0.350. The predicted octanol–water partition coefficient (Wildman–Crippen LogP) is 4.68. The summed E-state index contributed by atoms with van der Waals surface area (Å²) in [5.41, 5.74) is -0.266. The molecule has 0 aliphatic heterocycles. The number of hydrogen-bond donors (Lipinski definition) is 2. The van der Waals surface area contributed by atoms with E-state index < -0.39 is 0 Å². The van der Waals surface area contributed by atoms with Crippen molar-refractivity contribution in [3.63, 3.8) is 0 Å². The van der Waals surface area contributed by atoms with E-state index in [1.165, 1.54) is 0 Å². The smallest absolute Gasteiger partial charge is 0.0621 e. The van der Waals surface area contributed by atoms with Crippen molar-refractivity contribution in [1.82, 2.24) is 0 Å². The maximum Gasteiger partial charge on any atom is 0.0621 e. The van der Waals surface area contributed by atoms with E-state index in [0.29, 0.717) is 0 Å². The van der Waals surface area contributed by atoms with Crippen LogP contribution in [0.5, 0.6) is 0 Å². The van der Waals surface area contributed by atoms with Gasteiger partial charge in [0.2, 0.25) is 0 Å². The molecule has 2 nitrogen and oxygen atoms in total. The van der Waals surface area contributed by atoms with E-state index in [-0.39, 0.29) is 17.6 Å². The molecular formula is C17H36O2. The first-order valence-corrected chi connectivity index (χ1v) is 8.45. The zero-order valence-electron chi connectivity index (χ0n) is 13.6. The van der Waals surface area contributed by atoms with Gasteiger partial charge >= 0.3 is 0 Å². The van der Waals surface area contributed by atoms with Gasteiger partial charge in [0.1, 0.15) is 0 Å². The highest BCUT2D eigenvalue weighted by molar-refractivity contribution is 4.92. The van der Waals surface area contributed by atoms with E-state index in [9.17, 15) is 10.2 Å². The standard InChI is InChI=1S/C17H36O2/c1-5-9-13-17(14-10-6-2,15(18)11-7-3)16(19)12-8-4/h15-16,18-19H,5-14H2,1-4H3. The van der Waals surface area contributed by atoms with Gasteiger partial charge in [-0.15, -0.1) is 0 Å². The molecule has 0 aliphatic carbocycles. The third-order valence-electron chi connectivity index (χ3n) is 4.44. The normalized spacial score (nSPS) is 15.5. The largest absolute Gasteiger partial charge is 0.392 e. The first kappa shape index (κ1) is 18.9. The van der Waals surface area contributed by atoms with E-state index in [0.717, 1.165) is 64.2 Å². The molecule has 2 atom stereocenters. The van der Waals surface area contributed by atoms with E-state index in [1.54, 1.807) is 0 Å². The van der Waals surface area contributed by atoms with Crippen molar-refractivity contribution in [3.8, 4) is 0 Å². The Morgan fingerprint density at radius 3 is 1.32 bits per heavy atom. The zero-order valence-corrected chi connectivity index (χ0v) is 13.6. The van der Waals surface area contributed by atoms with Gasteiger partial charge in [0.05, 0.1) is 12.2 Å². The zero-order chi connectivity index (χ0) is 14.7. The number of unbranched alkanes of at least 4 members (excludes halogenated alkanes) is 2. The fourth-order valence-corrected chi connectivity index (χ4v) is 3.15. The van der Waals surface area contributed by atoms with Crippen molar-refractivity contribution in [2.75, 3.05) is 0 Å². The van der Waals surface area contributed by atoms with Crippen LogP contribution in [0.2, 0.25) is 0 Å². The van der Waals surface area contributed by atoms with Crippen LogP contribution < -0.4 is 0 Å². The van der Waals surface area contributed by atoms with Gasteiger partial charge in [0.15, 0.2) is 0 Å². The molecule has 0 heterocycles. The van der Waals surface area contributed by atoms with Crippen LogP contribution in [-0.4, -0.2) is 22.4 Å². The number of hydrogen-bond acceptors (Lipinski definition) is 2. The molecule has 2 unspecified atom stereocenters. The summed E-state index contributed by atoms with van der Waals surface area (Å²) in [5.74, 6) is 0. The third kappa shape index (κ3) is 5.83. The highest BCUT2D eigenvalue weighted by Gasteiger charge is 2.42. The van der Waals surface area contributed by atoms with E-state index in [2.05, 4.69) is 27.7 Å². The first-order chi connectivity index (χ1) is 9.08. The summed E-state index contributed by atoms with van der Waals surface area (Å²) in [6.45, 7) is 8.59. The van der Waals surface area contributed by atoms with Crippen molar-refractivity contribution in [2.45, 2.75) is 104 Å². The lowest BCUT2D eigenvalue weighted by Gasteiger charge is -2.42. The molecule has 2 N–H and O–H groups in total. The monoisotopic (exact) mass is 272 g/mol. The van der Waals surface area contributed by atoms with Crippen LogP contribution >= 0.6 is 0 Å². The fourth-order valence-electron chi connectivity index (χ4n) is 3.15. The topological polar surface area (TPSA) is 40.5 Å². The van der Waals surface area contributed by atoms with Gasteiger partial charge in [-0.2, -0.15) is 0 Å². The second kappa shape index (κ2) is 10.7. The SMILES string of the molecule is CCCCC(CCCC)(C(O)CCC)C(O)CCC. The lowest BCUT2D eigenvalue weighted by molar-refractivity contribution is -0.0899. The molecule has 0 rings (SSSR count). The molecule has 0 fully saturated rings. The molecule has 0 aromatic heterocycles. The molecule has 0 aromatic carbocycles. The molecule has 19 heavy (non-hydrogen) atoms. The number of rotatable bonds is 12. The van der Waals surface area contributed by atoms with Gasteiger partial charge < -0.3 is 10.2 Å². The molecule has 0 saturated carbocycles. The summed E-state index contributed by atoms with van der Waals surface area (Å²) >= 11 is 0. The van der Waals surface area contributed by atoms with E-state index >= 15 is 0 Å². The van der Waals surface area contributed by atoms with Crippen LogP contribution in [0.4, 0.5) is 0 Å². The molecular weight excluding hydrogens is 236 g/mol. The second-order valence-electron chi connectivity index (χ2n) is 6.05. The van der Waals surface area contributed by atoms with Gasteiger partial charge in [0, 0.05) is 5.41 Å². The highest BCUT2D eigenvalue weighted by Crippen LogP contribution is 2.41. The molecule has 2 heteroatoms. The minimum Gasteiger partial charge on any atom is -0.392 e. The lowest BCUT2D eigenvalue weighted by atomic mass is 9.67. The van der Waals surface area contributed by atoms with Gasteiger partial charge in [-0.25, -0.2) is 0 Å². The van der Waals surface area contributed by atoms with Crippen LogP contribution in [0.3, 0.4) is 0 Å². The van der Waals surface area contributed by atoms with Crippen LogP contribution in [0.25, 0.3) is 0 Å². The number of aliphatic hydroxyl groups excluding tert-OH is 2. The Balaban J connectivity index is 5.04. The van der Waals surface area contributed by atoms with Crippen LogP contribution in [0.15, 0.2) is 0 Å². The Labute approximate surface area is 120 Å². The fraction of sp³-hybridized carbons (Fsp3) is 1.00. The Morgan fingerprint density at radius 1 is 0.684 bits per heavy atom. The van der Waals surface area contributed by atoms with E-state index in [4.69, 9.17) is 0 Å². The summed E-state index contributed by atoms with van der Waals surface area (Å²) in [5, 5.41) is 21.3. The van der Waals surface area contributed by atoms with Gasteiger partial charge in [-0.1, -0.05) is 66.2 Å². The Kier molecular flexibility index (Phi) is 10.6. The second-order valence-corrected chi connectivity index (χ2v) is 6.05. The average molecular weight is 272 g/mol. The average Bonchev–Trinajstić information content (AvgIpc) is 2.40. The van der Waals surface area contributed by atoms with Crippen LogP contribution in [0.1, 0.15) is 91.9 Å². The quantitative estimate of drug-likeness (QED) is 0.542. The summed E-state index contributed by atoms with van der Waals surface area (Å²) in [7, 11) is 0. The van der Waals surface area contributed by atoms with Crippen molar-refractivity contribution in [2.24, 2.45) is 5.41 Å². The molecule has 0 radical (unpaired) electrons. The Morgan fingerprint density at radius 2 is 1.05 bits per heavy atom. The first-order valence-electron chi connectivity index (χ1n) is 8.45. The highest BCUT2D eigenvalue weighted by atomic mass is 16.3. The van der Waals surface area contributed by atoms with Crippen LogP contribution in [0, 0.1) is 5.41 Å². The van der Waals surface area contributed by atoms with Crippen LogP contribution in [-0.2, 0) is 0 Å².